The van der Waals surface area contributed by atoms with Crippen molar-refractivity contribution in [3.8, 4) is 17.2 Å². The van der Waals surface area contributed by atoms with Crippen molar-refractivity contribution in [3.05, 3.63) is 107 Å². The molecule has 11 nitrogen and oxygen atoms in total. The number of piperidine rings is 1. The predicted octanol–water partition coefficient (Wildman–Crippen LogP) is 6.42. The minimum atomic E-state index is -1.41. The molecular formula is C38H36F2N6O5. The highest BCUT2D eigenvalue weighted by Gasteiger charge is 2.39. The zero-order chi connectivity index (χ0) is 35.6. The number of nitrogens with one attached hydrogen (secondary N) is 2. The number of hydrogen-bond acceptors (Lipinski definition) is 9. The van der Waals surface area contributed by atoms with Crippen LogP contribution in [0.1, 0.15) is 40.4 Å². The summed E-state index contributed by atoms with van der Waals surface area (Å²) in [5, 5.41) is 16.9. The smallest absolute Gasteiger partial charge is 0.255 e. The van der Waals surface area contributed by atoms with Crippen molar-refractivity contribution < 1.29 is 33.0 Å². The summed E-state index contributed by atoms with van der Waals surface area (Å²) in [5.74, 6) is -1.17. The van der Waals surface area contributed by atoms with Gasteiger partial charge in [-0.3, -0.25) is 9.59 Å². The predicted molar refractivity (Wildman–Crippen MR) is 187 cm³/mol. The van der Waals surface area contributed by atoms with Gasteiger partial charge in [-0.15, -0.1) is 0 Å². The molecule has 1 unspecified atom stereocenters. The van der Waals surface area contributed by atoms with Crippen molar-refractivity contribution in [2.24, 2.45) is 5.92 Å². The maximum absolute atomic E-state index is 15.6. The third-order valence-corrected chi connectivity index (χ3v) is 9.42. The minimum absolute atomic E-state index is 0.0594. The number of nitrogens with zero attached hydrogens (tertiary/aromatic N) is 4. The number of likely N-dealkylation sites (tertiary alicyclic amines) is 1. The number of aromatic hydroxyl groups is 1. The van der Waals surface area contributed by atoms with E-state index in [1.165, 1.54) is 23.4 Å². The van der Waals surface area contributed by atoms with Gasteiger partial charge in [0.1, 0.15) is 35.6 Å². The van der Waals surface area contributed by atoms with Crippen LogP contribution in [-0.2, 0) is 11.3 Å². The maximum atomic E-state index is 15.6. The Morgan fingerprint density at radius 1 is 1.02 bits per heavy atom. The fourth-order valence-corrected chi connectivity index (χ4v) is 6.59. The molecule has 0 bridgehead atoms. The summed E-state index contributed by atoms with van der Waals surface area (Å²) in [5.41, 5.74) is 1.70. The van der Waals surface area contributed by atoms with Gasteiger partial charge in [0.05, 0.1) is 24.9 Å². The minimum Gasteiger partial charge on any atom is -0.508 e. The van der Waals surface area contributed by atoms with E-state index in [1.54, 1.807) is 43.5 Å². The van der Waals surface area contributed by atoms with Crippen molar-refractivity contribution in [2.45, 2.75) is 25.4 Å². The van der Waals surface area contributed by atoms with Crippen LogP contribution in [0.5, 0.6) is 17.2 Å². The van der Waals surface area contributed by atoms with Gasteiger partial charge in [0.15, 0.2) is 11.5 Å². The van der Waals surface area contributed by atoms with E-state index in [-0.39, 0.29) is 29.2 Å². The van der Waals surface area contributed by atoms with E-state index in [2.05, 4.69) is 32.5 Å². The van der Waals surface area contributed by atoms with Gasteiger partial charge in [0, 0.05) is 34.8 Å². The number of aromatic nitrogens is 2. The molecule has 1 aromatic heterocycles. The lowest BCUT2D eigenvalue weighted by atomic mass is 9.98. The molecule has 0 saturated carbocycles. The number of amides is 2. The van der Waals surface area contributed by atoms with E-state index < -0.39 is 29.5 Å². The van der Waals surface area contributed by atoms with Crippen molar-refractivity contribution in [1.29, 1.82) is 0 Å². The molecule has 4 aromatic carbocycles. The van der Waals surface area contributed by atoms with Crippen molar-refractivity contribution in [3.63, 3.8) is 0 Å². The monoisotopic (exact) mass is 694 g/mol. The molecule has 2 aliphatic heterocycles. The Labute approximate surface area is 292 Å². The molecule has 1 atom stereocenters. The number of methoxy groups -OCH3 is 1. The van der Waals surface area contributed by atoms with E-state index >= 15 is 4.39 Å². The molecule has 5 aromatic rings. The van der Waals surface area contributed by atoms with E-state index in [9.17, 15) is 19.1 Å². The molecule has 7 rings (SSSR count). The fourth-order valence-electron chi connectivity index (χ4n) is 6.59. The number of ether oxygens (including phenoxy) is 2. The molecule has 0 spiro atoms. The van der Waals surface area contributed by atoms with Crippen LogP contribution in [0.2, 0.25) is 0 Å². The third-order valence-electron chi connectivity index (χ3n) is 9.42. The van der Waals surface area contributed by atoms with E-state index in [1.807, 2.05) is 0 Å². The van der Waals surface area contributed by atoms with Gasteiger partial charge in [-0.05, 0) is 93.0 Å². The van der Waals surface area contributed by atoms with Crippen LogP contribution in [0.3, 0.4) is 0 Å². The quantitative estimate of drug-likeness (QED) is 0.152. The molecule has 0 radical (unpaired) electrons. The van der Waals surface area contributed by atoms with E-state index in [0.29, 0.717) is 51.9 Å². The number of fused-ring (bicyclic) bond motifs is 2. The Balaban J connectivity index is 1.10. The second-order valence-electron chi connectivity index (χ2n) is 12.8. The summed E-state index contributed by atoms with van der Waals surface area (Å²) in [7, 11) is 3.66. The van der Waals surface area contributed by atoms with Crippen molar-refractivity contribution in [1.82, 2.24) is 19.8 Å². The number of carbonyl (C=O) groups is 2. The normalized spacial score (nSPS) is 15.5. The van der Waals surface area contributed by atoms with E-state index in [0.717, 1.165) is 50.2 Å². The van der Waals surface area contributed by atoms with Crippen LogP contribution in [0, 0.1) is 17.6 Å². The molecule has 1 fully saturated rings. The molecule has 262 valence electrons. The highest BCUT2D eigenvalue weighted by atomic mass is 19.1. The molecule has 51 heavy (non-hydrogen) atoms. The maximum Gasteiger partial charge on any atom is 0.255 e. The zero-order valence-corrected chi connectivity index (χ0v) is 28.0. The number of anilines is 3. The Hall–Kier alpha value is -5.82. The SMILES string of the molecule is COc1cc2c(Nc3ccc(NC(=O)C(c4cc(F)ccc4O)N4Cc5ccccc5C4=O)cc3F)ncnc2cc1OCC1CCN(C)CC1. The first kappa shape index (κ1) is 33.7. The lowest BCUT2D eigenvalue weighted by Crippen LogP contribution is -2.37. The Morgan fingerprint density at radius 2 is 1.82 bits per heavy atom. The number of benzene rings is 4. The molecule has 13 heteroatoms. The summed E-state index contributed by atoms with van der Waals surface area (Å²) in [4.78, 5) is 39.5. The summed E-state index contributed by atoms with van der Waals surface area (Å²) < 4.78 is 41.8. The lowest BCUT2D eigenvalue weighted by Gasteiger charge is -2.28. The van der Waals surface area contributed by atoms with Crippen molar-refractivity contribution >= 4 is 39.9 Å². The number of halogens is 2. The number of rotatable bonds is 10. The van der Waals surface area contributed by atoms with Crippen LogP contribution in [0.4, 0.5) is 26.0 Å². The van der Waals surface area contributed by atoms with Crippen LogP contribution in [-0.4, -0.2) is 70.5 Å². The highest BCUT2D eigenvalue weighted by Crippen LogP contribution is 2.38. The summed E-state index contributed by atoms with van der Waals surface area (Å²) in [6.07, 6.45) is 3.48. The molecule has 0 aliphatic carbocycles. The standard InChI is InChI=1S/C38H36F2N6O5/c1-45-13-11-22(12-14-45)20-51-34-18-31-27(17-33(34)50-2)36(42-21-41-31)44-30-9-8-25(16-29(30)40)43-37(48)35(28-15-24(39)7-10-32(28)47)46-19-23-5-3-4-6-26(23)38(46)49/h3-10,15-18,21-22,35,47H,11-14,19-20H2,1-2H3,(H,43,48)(H,41,42,44). The second kappa shape index (κ2) is 14.2. The zero-order valence-electron chi connectivity index (χ0n) is 28.0. The van der Waals surface area contributed by atoms with Crippen LogP contribution >= 0.6 is 0 Å². The number of carbonyl (C=O) groups excluding carboxylic acids is 2. The molecule has 1 saturated heterocycles. The largest absolute Gasteiger partial charge is 0.508 e. The average molecular weight is 695 g/mol. The first-order valence-electron chi connectivity index (χ1n) is 16.6. The molecule has 3 heterocycles. The lowest BCUT2D eigenvalue weighted by molar-refractivity contribution is -0.120. The van der Waals surface area contributed by atoms with Gasteiger partial charge in [0.25, 0.3) is 11.8 Å². The average Bonchev–Trinajstić information content (AvgIpc) is 3.45. The van der Waals surface area contributed by atoms with Crippen molar-refractivity contribution in [2.75, 3.05) is 44.5 Å². The van der Waals surface area contributed by atoms with Gasteiger partial charge < -0.3 is 35.0 Å². The summed E-state index contributed by atoms with van der Waals surface area (Å²) in [6.45, 7) is 2.68. The van der Waals surface area contributed by atoms with Gasteiger partial charge in [-0.2, -0.15) is 0 Å². The summed E-state index contributed by atoms with van der Waals surface area (Å²) >= 11 is 0. The Bertz CT molecular complexity index is 2120. The topological polar surface area (TPSA) is 129 Å². The molecule has 2 amide bonds. The molecule has 3 N–H and O–H groups in total. The number of phenols is 1. The number of hydrogen-bond donors (Lipinski definition) is 3. The Morgan fingerprint density at radius 3 is 2.59 bits per heavy atom. The first-order chi connectivity index (χ1) is 24.7. The number of phenolic OH excluding ortho intramolecular Hbond substituents is 1. The molecule has 2 aliphatic rings. The summed E-state index contributed by atoms with van der Waals surface area (Å²) in [6, 6.07) is 16.2. The second-order valence-corrected chi connectivity index (χ2v) is 12.8. The fraction of sp³-hybridized carbons (Fsp3) is 0.263. The van der Waals surface area contributed by atoms with Gasteiger partial charge in [-0.25, -0.2) is 18.7 Å². The Kier molecular flexibility index (Phi) is 9.37. The van der Waals surface area contributed by atoms with Gasteiger partial charge >= 0.3 is 0 Å². The van der Waals surface area contributed by atoms with Gasteiger partial charge in [-0.1, -0.05) is 18.2 Å². The van der Waals surface area contributed by atoms with Gasteiger partial charge in [0.2, 0.25) is 0 Å². The third kappa shape index (κ3) is 6.97. The molecular weight excluding hydrogens is 658 g/mol. The van der Waals surface area contributed by atoms with Crippen LogP contribution < -0.4 is 20.1 Å². The van der Waals surface area contributed by atoms with Crippen LogP contribution in [0.15, 0.2) is 79.1 Å². The van der Waals surface area contributed by atoms with E-state index in [4.69, 9.17) is 9.47 Å². The first-order valence-corrected chi connectivity index (χ1v) is 16.6. The highest BCUT2D eigenvalue weighted by molar-refractivity contribution is 6.04. The van der Waals surface area contributed by atoms with Crippen LogP contribution in [0.25, 0.3) is 10.9 Å².